The van der Waals surface area contributed by atoms with Gasteiger partial charge in [-0.05, 0) is 93.1 Å². The molecule has 210 valence electrons. The summed E-state index contributed by atoms with van der Waals surface area (Å²) in [5.41, 5.74) is 9.42. The van der Waals surface area contributed by atoms with Gasteiger partial charge in [-0.3, -0.25) is 0 Å². The molecule has 0 radical (unpaired) electrons. The molecule has 4 aromatic carbocycles. The number of nitrogens with zero attached hydrogens (tertiary/aromatic N) is 1. The third-order valence-corrected chi connectivity index (χ3v) is 11.2. The summed E-state index contributed by atoms with van der Waals surface area (Å²) in [7, 11) is 0. The number of fused-ring (bicyclic) bond motifs is 7. The van der Waals surface area contributed by atoms with Crippen molar-refractivity contribution >= 4 is 60.9 Å². The summed E-state index contributed by atoms with van der Waals surface area (Å²) in [6.45, 7) is 16.2. The molecule has 5 aromatic rings. The summed E-state index contributed by atoms with van der Waals surface area (Å²) >= 11 is 1.85. The lowest BCUT2D eigenvalue weighted by Crippen LogP contribution is -2.58. The fourth-order valence-electron chi connectivity index (χ4n) is 7.40. The van der Waals surface area contributed by atoms with Crippen LogP contribution in [0.25, 0.3) is 10.1 Å². The number of anilines is 3. The highest BCUT2D eigenvalue weighted by Gasteiger charge is 2.44. The molecule has 1 aromatic heterocycles. The molecule has 1 aliphatic carbocycles. The lowest BCUT2D eigenvalue weighted by Gasteiger charge is -2.43. The number of para-hydroxylation sites is 1. The van der Waals surface area contributed by atoms with Gasteiger partial charge in [0.05, 0.1) is 8.43 Å². The van der Waals surface area contributed by atoms with Gasteiger partial charge in [0.1, 0.15) is 11.5 Å². The van der Waals surface area contributed by atoms with Crippen LogP contribution in [0.15, 0.2) is 78.8 Å². The van der Waals surface area contributed by atoms with Crippen molar-refractivity contribution in [1.82, 2.24) is 0 Å². The van der Waals surface area contributed by atoms with Crippen LogP contribution in [0, 0.1) is 0 Å². The molecular weight excluding hydrogens is 529 g/mol. The lowest BCUT2D eigenvalue weighted by atomic mass is 9.37. The molecule has 0 atom stereocenters. The van der Waals surface area contributed by atoms with E-state index < -0.39 is 0 Å². The van der Waals surface area contributed by atoms with Crippen molar-refractivity contribution in [1.29, 1.82) is 0 Å². The molecule has 42 heavy (non-hydrogen) atoms. The van der Waals surface area contributed by atoms with E-state index in [4.69, 9.17) is 6.11 Å². The second kappa shape index (κ2) is 8.54. The Labute approximate surface area is 257 Å². The quantitative estimate of drug-likeness (QED) is 0.183. The summed E-state index contributed by atoms with van der Waals surface area (Å²) in [5.74, 6) is 1.37. The van der Waals surface area contributed by atoms with Crippen LogP contribution in [0.3, 0.4) is 0 Å². The van der Waals surface area contributed by atoms with E-state index in [0.717, 1.165) is 40.2 Å². The molecule has 0 N–H and O–H groups in total. The highest BCUT2D eigenvalue weighted by molar-refractivity contribution is 7.33. The first-order valence-corrected chi connectivity index (χ1v) is 16.0. The SMILES string of the molecule is [2H]c1cc([2H])c2c3c1Oc1ccccc1B3c1sc3cc(C(C)(C)C)ccc3c1N2c1ccc2c(c1)C(C)(C)CCC2(C)C. The highest BCUT2D eigenvalue weighted by atomic mass is 32.1. The Morgan fingerprint density at radius 1 is 0.857 bits per heavy atom. The Bertz CT molecular complexity index is 2040. The van der Waals surface area contributed by atoms with Gasteiger partial charge in [-0.25, -0.2) is 0 Å². The number of benzene rings is 4. The van der Waals surface area contributed by atoms with Crippen molar-refractivity contribution in [2.24, 2.45) is 0 Å². The van der Waals surface area contributed by atoms with E-state index >= 15 is 0 Å². The van der Waals surface area contributed by atoms with Gasteiger partial charge in [-0.15, -0.1) is 11.3 Å². The Balaban J connectivity index is 1.48. The van der Waals surface area contributed by atoms with Crippen LogP contribution in [0.5, 0.6) is 11.5 Å². The Hall–Kier alpha value is -3.50. The Morgan fingerprint density at radius 2 is 1.62 bits per heavy atom. The minimum Gasteiger partial charge on any atom is -0.458 e. The van der Waals surface area contributed by atoms with Gasteiger partial charge in [0, 0.05) is 26.2 Å². The summed E-state index contributed by atoms with van der Waals surface area (Å²) in [6, 6.07) is 24.4. The predicted molar refractivity (Wildman–Crippen MR) is 182 cm³/mol. The van der Waals surface area contributed by atoms with E-state index in [0.29, 0.717) is 11.8 Å². The summed E-state index contributed by atoms with van der Waals surface area (Å²) in [6.07, 6.45) is 2.30. The van der Waals surface area contributed by atoms with Gasteiger partial charge in [0.2, 0.25) is 0 Å². The van der Waals surface area contributed by atoms with E-state index in [1.165, 1.54) is 38.0 Å². The van der Waals surface area contributed by atoms with Crippen LogP contribution >= 0.6 is 11.3 Å². The minimum atomic E-state index is -0.103. The summed E-state index contributed by atoms with van der Waals surface area (Å²) in [4.78, 5) is 2.33. The van der Waals surface area contributed by atoms with Gasteiger partial charge in [0.15, 0.2) is 0 Å². The number of hydrogen-bond acceptors (Lipinski definition) is 3. The second-order valence-electron chi connectivity index (χ2n) is 14.7. The molecule has 4 heteroatoms. The fraction of sp³-hybridized carbons (Fsp3) is 0.316. The normalized spacial score (nSPS) is 18.4. The monoisotopic (exact) mass is 569 g/mol. The number of rotatable bonds is 1. The zero-order chi connectivity index (χ0) is 30.9. The molecule has 0 fully saturated rings. The Kier molecular flexibility index (Phi) is 4.88. The summed E-state index contributed by atoms with van der Waals surface area (Å²) in [5, 5.41) is 1.21. The van der Waals surface area contributed by atoms with E-state index in [2.05, 4.69) is 102 Å². The lowest BCUT2D eigenvalue weighted by molar-refractivity contribution is 0.332. The van der Waals surface area contributed by atoms with Crippen LogP contribution in [0.1, 0.15) is 80.7 Å². The minimum absolute atomic E-state index is 0.0329. The maximum Gasteiger partial charge on any atom is 0.268 e. The first-order valence-electron chi connectivity index (χ1n) is 16.2. The zero-order valence-corrected chi connectivity index (χ0v) is 26.4. The number of hydrogen-bond donors (Lipinski definition) is 0. The molecule has 8 rings (SSSR count). The van der Waals surface area contributed by atoms with E-state index in [9.17, 15) is 1.37 Å². The average molecular weight is 570 g/mol. The number of thiophene rings is 1. The van der Waals surface area contributed by atoms with E-state index in [1.54, 1.807) is 6.07 Å². The van der Waals surface area contributed by atoms with Gasteiger partial charge >= 0.3 is 0 Å². The molecular formula is C38H38BNOS. The molecule has 0 spiro atoms. The highest BCUT2D eigenvalue weighted by Crippen LogP contribution is 2.50. The molecule has 0 saturated heterocycles. The van der Waals surface area contributed by atoms with Crippen molar-refractivity contribution in [3.8, 4) is 11.5 Å². The second-order valence-corrected chi connectivity index (χ2v) is 15.8. The predicted octanol–water partition coefficient (Wildman–Crippen LogP) is 8.95. The van der Waals surface area contributed by atoms with Gasteiger partial charge < -0.3 is 9.64 Å². The van der Waals surface area contributed by atoms with Crippen molar-refractivity contribution < 1.29 is 7.48 Å². The first kappa shape index (κ1) is 24.0. The third kappa shape index (κ3) is 3.64. The van der Waals surface area contributed by atoms with Crippen LogP contribution in [0.2, 0.25) is 0 Å². The van der Waals surface area contributed by atoms with Crippen molar-refractivity contribution in [2.45, 2.75) is 77.6 Å². The largest absolute Gasteiger partial charge is 0.458 e. The van der Waals surface area contributed by atoms with Crippen molar-refractivity contribution in [2.75, 3.05) is 4.90 Å². The van der Waals surface area contributed by atoms with Gasteiger partial charge in [0.25, 0.3) is 6.71 Å². The Morgan fingerprint density at radius 3 is 2.40 bits per heavy atom. The molecule has 0 saturated carbocycles. The fourth-order valence-corrected chi connectivity index (χ4v) is 8.76. The van der Waals surface area contributed by atoms with Crippen molar-refractivity contribution in [3.05, 3.63) is 95.5 Å². The first-order chi connectivity index (χ1) is 20.8. The van der Waals surface area contributed by atoms with Crippen LogP contribution in [0.4, 0.5) is 17.1 Å². The van der Waals surface area contributed by atoms with E-state index in [-0.39, 0.29) is 29.0 Å². The molecule has 3 aliphatic rings. The third-order valence-electron chi connectivity index (χ3n) is 10.0. The molecule has 0 amide bonds. The molecule has 3 heterocycles. The van der Waals surface area contributed by atoms with Crippen molar-refractivity contribution in [3.63, 3.8) is 0 Å². The van der Waals surface area contributed by atoms with Gasteiger partial charge in [-0.1, -0.05) is 90.9 Å². The molecule has 2 aliphatic heterocycles. The van der Waals surface area contributed by atoms with Crippen LogP contribution < -0.4 is 25.3 Å². The summed E-state index contributed by atoms with van der Waals surface area (Å²) < 4.78 is 27.3. The van der Waals surface area contributed by atoms with Gasteiger partial charge in [-0.2, -0.15) is 0 Å². The van der Waals surface area contributed by atoms with Crippen LogP contribution in [-0.4, -0.2) is 6.71 Å². The topological polar surface area (TPSA) is 12.5 Å². The van der Waals surface area contributed by atoms with E-state index in [1.807, 2.05) is 23.5 Å². The standard InChI is InChI=1S/C38H38BNOS/c1-36(2,3)23-15-17-25-32(21-23)42-35-34(25)40(24-16-18-26-27(22-24)38(6,7)20-19-37(26,4)5)29-12-10-14-31-33(29)39(35)28-11-8-9-13-30(28)41-31/h8-18,21-22H,19-20H2,1-7H3/i12D,14D. The molecule has 0 unspecified atom stereocenters. The molecule has 0 bridgehead atoms. The maximum absolute atomic E-state index is 9.37. The average Bonchev–Trinajstić information content (AvgIpc) is 3.35. The smallest absolute Gasteiger partial charge is 0.268 e. The molecule has 2 nitrogen and oxygen atoms in total. The van der Waals surface area contributed by atoms with Crippen LogP contribution in [-0.2, 0) is 16.2 Å². The maximum atomic E-state index is 9.37. The number of ether oxygens (including phenoxy) is 1. The zero-order valence-electron chi connectivity index (χ0n) is 27.6.